The Morgan fingerprint density at radius 3 is 2.89 bits per heavy atom. The number of rotatable bonds is 3. The number of nitrogens with two attached hydrogens (primary N) is 1. The molecule has 2 N–H and O–H groups in total. The Hall–Kier alpha value is -1.34. The molecule has 1 aliphatic carbocycles. The lowest BCUT2D eigenvalue weighted by atomic mass is 10.3. The highest BCUT2D eigenvalue weighted by Crippen LogP contribution is 2.35. The SMILES string of the molecule is Nc1cc(Cl)cnc1Sc1nnnn1C1CCCC1. The third kappa shape index (κ3) is 2.66. The molecular weight excluding hydrogens is 284 g/mol. The maximum Gasteiger partial charge on any atom is 0.215 e. The standard InChI is InChI=1S/C11H13ClN6S/c12-7-5-9(13)10(14-6-7)19-11-15-16-17-18(11)8-3-1-2-4-8/h5-6,8H,1-4,13H2. The minimum atomic E-state index is 0.394. The highest BCUT2D eigenvalue weighted by atomic mass is 35.5. The summed E-state index contributed by atoms with van der Waals surface area (Å²) in [5.74, 6) is 0. The van der Waals surface area contributed by atoms with Crippen LogP contribution in [-0.2, 0) is 0 Å². The summed E-state index contributed by atoms with van der Waals surface area (Å²) in [6, 6.07) is 2.08. The van der Waals surface area contributed by atoms with Crippen molar-refractivity contribution < 1.29 is 0 Å². The molecule has 19 heavy (non-hydrogen) atoms. The monoisotopic (exact) mass is 296 g/mol. The molecule has 0 aromatic carbocycles. The van der Waals surface area contributed by atoms with Crippen LogP contribution >= 0.6 is 23.4 Å². The molecule has 1 fully saturated rings. The van der Waals surface area contributed by atoms with Crippen molar-refractivity contribution in [3.05, 3.63) is 17.3 Å². The third-order valence-electron chi connectivity index (χ3n) is 3.17. The van der Waals surface area contributed by atoms with Gasteiger partial charge in [0.15, 0.2) is 0 Å². The topological polar surface area (TPSA) is 82.5 Å². The summed E-state index contributed by atoms with van der Waals surface area (Å²) >= 11 is 7.21. The first-order chi connectivity index (χ1) is 9.24. The highest BCUT2D eigenvalue weighted by molar-refractivity contribution is 7.99. The number of nitrogens with zero attached hydrogens (tertiary/aromatic N) is 5. The van der Waals surface area contributed by atoms with Gasteiger partial charge in [0.25, 0.3) is 0 Å². The molecule has 8 heteroatoms. The normalized spacial score (nSPS) is 16.1. The van der Waals surface area contributed by atoms with E-state index >= 15 is 0 Å². The van der Waals surface area contributed by atoms with E-state index in [0.29, 0.717) is 21.8 Å². The van der Waals surface area contributed by atoms with Crippen LogP contribution in [0.25, 0.3) is 0 Å². The third-order valence-corrected chi connectivity index (χ3v) is 4.36. The molecule has 1 saturated carbocycles. The Balaban J connectivity index is 1.85. The van der Waals surface area contributed by atoms with E-state index in [2.05, 4.69) is 20.5 Å². The molecule has 2 aromatic heterocycles. The first-order valence-corrected chi connectivity index (χ1v) is 7.30. The Kier molecular flexibility index (Phi) is 3.56. The zero-order valence-corrected chi connectivity index (χ0v) is 11.7. The molecule has 1 aliphatic rings. The largest absolute Gasteiger partial charge is 0.396 e. The van der Waals surface area contributed by atoms with Gasteiger partial charge >= 0.3 is 0 Å². The zero-order valence-electron chi connectivity index (χ0n) is 10.2. The lowest BCUT2D eigenvalue weighted by Crippen LogP contribution is -2.08. The molecule has 2 heterocycles. The van der Waals surface area contributed by atoms with Crippen molar-refractivity contribution in [3.63, 3.8) is 0 Å². The highest BCUT2D eigenvalue weighted by Gasteiger charge is 2.22. The van der Waals surface area contributed by atoms with E-state index < -0.39 is 0 Å². The van der Waals surface area contributed by atoms with Gasteiger partial charge in [-0.25, -0.2) is 9.67 Å². The Bertz CT molecular complexity index is 580. The molecular formula is C11H13ClN6S. The van der Waals surface area contributed by atoms with E-state index in [4.69, 9.17) is 17.3 Å². The second-order valence-corrected chi connectivity index (χ2v) is 5.89. The van der Waals surface area contributed by atoms with Gasteiger partial charge in [0, 0.05) is 6.20 Å². The average molecular weight is 297 g/mol. The Morgan fingerprint density at radius 2 is 2.16 bits per heavy atom. The van der Waals surface area contributed by atoms with Gasteiger partial charge in [0.1, 0.15) is 5.03 Å². The number of pyridine rings is 1. The summed E-state index contributed by atoms with van der Waals surface area (Å²) < 4.78 is 1.88. The van der Waals surface area contributed by atoms with Crippen LogP contribution in [0.3, 0.4) is 0 Å². The van der Waals surface area contributed by atoms with Crippen molar-refractivity contribution in [1.29, 1.82) is 0 Å². The second-order valence-electron chi connectivity index (χ2n) is 4.49. The van der Waals surface area contributed by atoms with Gasteiger partial charge in [-0.3, -0.25) is 0 Å². The van der Waals surface area contributed by atoms with E-state index in [0.717, 1.165) is 18.0 Å². The molecule has 0 saturated heterocycles. The van der Waals surface area contributed by atoms with E-state index in [1.54, 1.807) is 12.3 Å². The molecule has 0 unspecified atom stereocenters. The molecule has 3 rings (SSSR count). The quantitative estimate of drug-likeness (QED) is 0.937. The summed E-state index contributed by atoms with van der Waals surface area (Å²) in [5, 5.41) is 13.8. The van der Waals surface area contributed by atoms with E-state index in [1.807, 2.05) is 4.68 Å². The summed E-state index contributed by atoms with van der Waals surface area (Å²) in [6.45, 7) is 0. The molecule has 0 bridgehead atoms. The number of aromatic nitrogens is 5. The number of hydrogen-bond donors (Lipinski definition) is 1. The minimum Gasteiger partial charge on any atom is -0.396 e. The fourth-order valence-electron chi connectivity index (χ4n) is 2.24. The molecule has 0 atom stereocenters. The van der Waals surface area contributed by atoms with Crippen LogP contribution in [-0.4, -0.2) is 25.2 Å². The fourth-order valence-corrected chi connectivity index (χ4v) is 3.22. The summed E-state index contributed by atoms with van der Waals surface area (Å²) in [7, 11) is 0. The molecule has 0 radical (unpaired) electrons. The van der Waals surface area contributed by atoms with Gasteiger partial charge in [-0.2, -0.15) is 0 Å². The Labute approximate surface area is 119 Å². The van der Waals surface area contributed by atoms with E-state index in [1.165, 1.54) is 24.6 Å². The van der Waals surface area contributed by atoms with Crippen LogP contribution < -0.4 is 5.73 Å². The molecule has 0 amide bonds. The minimum absolute atomic E-state index is 0.394. The van der Waals surface area contributed by atoms with Crippen molar-refractivity contribution in [2.75, 3.05) is 5.73 Å². The summed E-state index contributed by atoms with van der Waals surface area (Å²) in [5.41, 5.74) is 6.44. The molecule has 6 nitrogen and oxygen atoms in total. The van der Waals surface area contributed by atoms with Crippen molar-refractivity contribution in [2.45, 2.75) is 41.9 Å². The van der Waals surface area contributed by atoms with Crippen LogP contribution in [0.5, 0.6) is 0 Å². The first-order valence-electron chi connectivity index (χ1n) is 6.11. The van der Waals surface area contributed by atoms with Gasteiger partial charge < -0.3 is 5.73 Å². The maximum atomic E-state index is 5.90. The molecule has 100 valence electrons. The van der Waals surface area contributed by atoms with Crippen LogP contribution in [0.15, 0.2) is 22.4 Å². The van der Waals surface area contributed by atoms with Gasteiger partial charge in [0.2, 0.25) is 5.16 Å². The number of anilines is 1. The van der Waals surface area contributed by atoms with Gasteiger partial charge in [-0.1, -0.05) is 24.4 Å². The molecule has 2 aromatic rings. The number of hydrogen-bond acceptors (Lipinski definition) is 6. The average Bonchev–Trinajstić information content (AvgIpc) is 3.03. The van der Waals surface area contributed by atoms with E-state index in [-0.39, 0.29) is 0 Å². The lowest BCUT2D eigenvalue weighted by molar-refractivity contribution is 0.423. The summed E-state index contributed by atoms with van der Waals surface area (Å²) in [4.78, 5) is 4.22. The van der Waals surface area contributed by atoms with Crippen molar-refractivity contribution in [2.24, 2.45) is 0 Å². The van der Waals surface area contributed by atoms with Gasteiger partial charge in [-0.15, -0.1) is 5.10 Å². The number of halogens is 1. The first kappa shape index (κ1) is 12.7. The maximum absolute atomic E-state index is 5.90. The lowest BCUT2D eigenvalue weighted by Gasteiger charge is -2.11. The second kappa shape index (κ2) is 5.34. The van der Waals surface area contributed by atoms with Crippen molar-refractivity contribution in [3.8, 4) is 0 Å². The fraction of sp³-hybridized carbons (Fsp3) is 0.455. The van der Waals surface area contributed by atoms with Crippen molar-refractivity contribution >= 4 is 29.1 Å². The van der Waals surface area contributed by atoms with Gasteiger partial charge in [-0.05, 0) is 41.1 Å². The summed E-state index contributed by atoms with van der Waals surface area (Å²) in [6.07, 6.45) is 6.29. The predicted molar refractivity (Wildman–Crippen MR) is 73.1 cm³/mol. The van der Waals surface area contributed by atoms with Gasteiger partial charge in [0.05, 0.1) is 16.8 Å². The van der Waals surface area contributed by atoms with Crippen LogP contribution in [0, 0.1) is 0 Å². The molecule has 0 aliphatic heterocycles. The Morgan fingerprint density at radius 1 is 1.37 bits per heavy atom. The number of nitrogen functional groups attached to an aromatic ring is 1. The smallest absolute Gasteiger partial charge is 0.215 e. The van der Waals surface area contributed by atoms with Crippen LogP contribution in [0.1, 0.15) is 31.7 Å². The van der Waals surface area contributed by atoms with Crippen LogP contribution in [0.4, 0.5) is 5.69 Å². The zero-order chi connectivity index (χ0) is 13.2. The van der Waals surface area contributed by atoms with Crippen LogP contribution in [0.2, 0.25) is 5.02 Å². The predicted octanol–water partition coefficient (Wildman–Crippen LogP) is 2.57. The number of tetrazole rings is 1. The van der Waals surface area contributed by atoms with E-state index in [9.17, 15) is 0 Å². The van der Waals surface area contributed by atoms with Crippen molar-refractivity contribution in [1.82, 2.24) is 25.2 Å². The molecule has 0 spiro atoms.